The Morgan fingerprint density at radius 1 is 1.29 bits per heavy atom. The summed E-state index contributed by atoms with van der Waals surface area (Å²) in [6.07, 6.45) is 1.46. The highest BCUT2D eigenvalue weighted by Gasteiger charge is 2.26. The van der Waals surface area contributed by atoms with E-state index in [9.17, 15) is 4.79 Å². The van der Waals surface area contributed by atoms with Crippen molar-refractivity contribution in [3.8, 4) is 0 Å². The van der Waals surface area contributed by atoms with Crippen LogP contribution < -0.4 is 5.73 Å². The monoisotopic (exact) mass is 289 g/mol. The minimum Gasteiger partial charge on any atom is -0.409 e. The molecule has 0 bridgehead atoms. The highest BCUT2D eigenvalue weighted by atomic mass is 16.5. The quantitative estimate of drug-likeness (QED) is 0.372. The van der Waals surface area contributed by atoms with E-state index in [1.54, 1.807) is 0 Å². The molecule has 1 saturated heterocycles. The number of rotatable bonds is 2. The van der Waals surface area contributed by atoms with Crippen LogP contribution in [0.25, 0.3) is 0 Å². The van der Waals surface area contributed by atoms with E-state index < -0.39 is 0 Å². The van der Waals surface area contributed by atoms with Gasteiger partial charge in [0, 0.05) is 24.6 Å². The first kappa shape index (κ1) is 13.9. The Labute approximate surface area is 123 Å². The maximum atomic E-state index is 12.5. The van der Waals surface area contributed by atoms with Crippen molar-refractivity contribution in [1.82, 2.24) is 4.90 Å². The lowest BCUT2D eigenvalue weighted by molar-refractivity contribution is 0.0709. The molecule has 0 saturated carbocycles. The van der Waals surface area contributed by atoms with Crippen molar-refractivity contribution in [1.29, 1.82) is 0 Å². The zero-order valence-electron chi connectivity index (χ0n) is 11.8. The van der Waals surface area contributed by atoms with Crippen LogP contribution in [0.15, 0.2) is 23.4 Å². The third kappa shape index (κ3) is 2.71. The lowest BCUT2D eigenvalue weighted by Crippen LogP contribution is -2.41. The highest BCUT2D eigenvalue weighted by molar-refractivity contribution is 5.94. The molecular formula is C15H19N3O3. The molecule has 1 fully saturated rings. The molecule has 21 heavy (non-hydrogen) atoms. The Bertz CT molecular complexity index is 578. The van der Waals surface area contributed by atoms with E-state index in [2.05, 4.69) is 5.16 Å². The van der Waals surface area contributed by atoms with Crippen molar-refractivity contribution < 1.29 is 14.7 Å². The summed E-state index contributed by atoms with van der Waals surface area (Å²) in [5.74, 6) is 0.368. The van der Waals surface area contributed by atoms with Crippen LogP contribution in [-0.2, 0) is 18.0 Å². The number of ether oxygens (including phenoxy) is 1. The first-order valence-corrected chi connectivity index (χ1v) is 7.15. The van der Waals surface area contributed by atoms with E-state index >= 15 is 0 Å². The summed E-state index contributed by atoms with van der Waals surface area (Å²) in [5, 5.41) is 11.8. The maximum absolute atomic E-state index is 12.5. The number of piperidine rings is 1. The Balaban J connectivity index is 1.67. The minimum atomic E-state index is 0.0441. The van der Waals surface area contributed by atoms with Gasteiger partial charge in [0.1, 0.15) is 5.84 Å². The number of oxime groups is 1. The SMILES string of the molecule is NC(=NO)C1CCN(C(=O)c2ccc3c(c2)COC3)CC1. The average Bonchev–Trinajstić information content (AvgIpc) is 3.01. The maximum Gasteiger partial charge on any atom is 0.253 e. The first-order chi connectivity index (χ1) is 10.2. The lowest BCUT2D eigenvalue weighted by Gasteiger charge is -2.31. The van der Waals surface area contributed by atoms with Crippen molar-refractivity contribution >= 4 is 11.7 Å². The Kier molecular flexibility index (Phi) is 3.79. The number of benzene rings is 1. The summed E-state index contributed by atoms with van der Waals surface area (Å²) >= 11 is 0. The molecule has 1 aromatic rings. The van der Waals surface area contributed by atoms with Gasteiger partial charge >= 0.3 is 0 Å². The van der Waals surface area contributed by atoms with Crippen molar-refractivity contribution in [3.05, 3.63) is 34.9 Å². The lowest BCUT2D eigenvalue weighted by atomic mass is 9.95. The van der Waals surface area contributed by atoms with Gasteiger partial charge in [0.15, 0.2) is 0 Å². The normalized spacial score (nSPS) is 19.6. The van der Waals surface area contributed by atoms with E-state index in [1.165, 1.54) is 0 Å². The van der Waals surface area contributed by atoms with Gasteiger partial charge in [0.25, 0.3) is 5.91 Å². The van der Waals surface area contributed by atoms with Gasteiger partial charge in [-0.3, -0.25) is 4.79 Å². The molecule has 2 aliphatic rings. The van der Waals surface area contributed by atoms with Gasteiger partial charge < -0.3 is 20.6 Å². The number of hydrogen-bond donors (Lipinski definition) is 2. The van der Waals surface area contributed by atoms with E-state index in [4.69, 9.17) is 15.7 Å². The molecular weight excluding hydrogens is 270 g/mol. The molecule has 1 aromatic carbocycles. The van der Waals surface area contributed by atoms with Crippen LogP contribution in [0.4, 0.5) is 0 Å². The number of nitrogens with two attached hydrogens (primary N) is 1. The van der Waals surface area contributed by atoms with Gasteiger partial charge in [-0.2, -0.15) is 0 Å². The topological polar surface area (TPSA) is 88.2 Å². The largest absolute Gasteiger partial charge is 0.409 e. The Morgan fingerprint density at radius 3 is 2.71 bits per heavy atom. The predicted molar refractivity (Wildman–Crippen MR) is 77.0 cm³/mol. The number of fused-ring (bicyclic) bond motifs is 1. The minimum absolute atomic E-state index is 0.0441. The molecule has 6 heteroatoms. The molecule has 0 aliphatic carbocycles. The van der Waals surface area contributed by atoms with Crippen LogP contribution in [0.3, 0.4) is 0 Å². The van der Waals surface area contributed by atoms with Crippen molar-refractivity contribution in [2.75, 3.05) is 13.1 Å². The van der Waals surface area contributed by atoms with Crippen molar-refractivity contribution in [2.45, 2.75) is 26.1 Å². The molecule has 2 aliphatic heterocycles. The summed E-state index contributed by atoms with van der Waals surface area (Å²) in [4.78, 5) is 14.4. The summed E-state index contributed by atoms with van der Waals surface area (Å²) < 4.78 is 5.37. The number of hydrogen-bond acceptors (Lipinski definition) is 4. The van der Waals surface area contributed by atoms with Gasteiger partial charge in [-0.1, -0.05) is 11.2 Å². The zero-order valence-corrected chi connectivity index (χ0v) is 11.8. The second-order valence-electron chi connectivity index (χ2n) is 5.57. The summed E-state index contributed by atoms with van der Waals surface area (Å²) in [6, 6.07) is 5.77. The molecule has 6 nitrogen and oxygen atoms in total. The van der Waals surface area contributed by atoms with Crippen LogP contribution >= 0.6 is 0 Å². The number of amidine groups is 1. The van der Waals surface area contributed by atoms with Crippen LogP contribution in [0.2, 0.25) is 0 Å². The number of carbonyl (C=O) groups is 1. The summed E-state index contributed by atoms with van der Waals surface area (Å²) in [5.41, 5.74) is 8.60. The van der Waals surface area contributed by atoms with Crippen LogP contribution in [-0.4, -0.2) is 34.9 Å². The fourth-order valence-corrected chi connectivity index (χ4v) is 2.95. The van der Waals surface area contributed by atoms with Crippen LogP contribution in [0.1, 0.15) is 34.3 Å². The highest BCUT2D eigenvalue weighted by Crippen LogP contribution is 2.23. The van der Waals surface area contributed by atoms with E-state index in [0.717, 1.165) is 24.0 Å². The van der Waals surface area contributed by atoms with Crippen molar-refractivity contribution in [3.63, 3.8) is 0 Å². The molecule has 1 amide bonds. The first-order valence-electron chi connectivity index (χ1n) is 7.15. The predicted octanol–water partition coefficient (Wildman–Crippen LogP) is 1.32. The number of likely N-dealkylation sites (tertiary alicyclic amines) is 1. The Morgan fingerprint density at radius 2 is 2.00 bits per heavy atom. The van der Waals surface area contributed by atoms with E-state index in [-0.39, 0.29) is 17.7 Å². The smallest absolute Gasteiger partial charge is 0.253 e. The fourth-order valence-electron chi connectivity index (χ4n) is 2.95. The van der Waals surface area contributed by atoms with E-state index in [0.29, 0.717) is 31.9 Å². The van der Waals surface area contributed by atoms with Gasteiger partial charge in [-0.25, -0.2) is 0 Å². The fraction of sp³-hybridized carbons (Fsp3) is 0.467. The number of nitrogens with zero attached hydrogens (tertiary/aromatic N) is 2. The Hall–Kier alpha value is -2.08. The average molecular weight is 289 g/mol. The van der Waals surface area contributed by atoms with Crippen LogP contribution in [0.5, 0.6) is 0 Å². The molecule has 2 heterocycles. The molecule has 0 atom stereocenters. The number of amides is 1. The molecule has 0 unspecified atom stereocenters. The molecule has 3 N–H and O–H groups in total. The summed E-state index contributed by atoms with van der Waals surface area (Å²) in [7, 11) is 0. The third-order valence-electron chi connectivity index (χ3n) is 4.28. The standard InChI is InChI=1S/C15H19N3O3/c16-14(17-20)10-3-5-18(6-4-10)15(19)11-1-2-12-8-21-9-13(12)7-11/h1-2,7,10,20H,3-6,8-9H2,(H2,16,17). The van der Waals surface area contributed by atoms with Gasteiger partial charge in [0.05, 0.1) is 13.2 Å². The van der Waals surface area contributed by atoms with Crippen molar-refractivity contribution in [2.24, 2.45) is 16.8 Å². The second-order valence-corrected chi connectivity index (χ2v) is 5.57. The molecule has 112 valence electrons. The molecule has 0 spiro atoms. The second kappa shape index (κ2) is 5.73. The zero-order chi connectivity index (χ0) is 14.8. The van der Waals surface area contributed by atoms with E-state index in [1.807, 2.05) is 23.1 Å². The summed E-state index contributed by atoms with van der Waals surface area (Å²) in [6.45, 7) is 2.48. The van der Waals surface area contributed by atoms with Crippen LogP contribution in [0, 0.1) is 5.92 Å². The molecule has 0 aromatic heterocycles. The molecule has 0 radical (unpaired) electrons. The van der Waals surface area contributed by atoms with Gasteiger partial charge in [0.2, 0.25) is 0 Å². The van der Waals surface area contributed by atoms with Gasteiger partial charge in [-0.15, -0.1) is 0 Å². The molecule has 3 rings (SSSR count). The number of carbonyl (C=O) groups excluding carboxylic acids is 1. The van der Waals surface area contributed by atoms with Gasteiger partial charge in [-0.05, 0) is 36.1 Å². The third-order valence-corrected chi connectivity index (χ3v) is 4.28.